The number of rotatable bonds is 7. The van der Waals surface area contributed by atoms with Crippen LogP contribution < -0.4 is 21.7 Å². The highest BCUT2D eigenvalue weighted by Crippen LogP contribution is 2.22. The van der Waals surface area contributed by atoms with E-state index in [1.54, 1.807) is 6.07 Å². The first kappa shape index (κ1) is 22.1. The van der Waals surface area contributed by atoms with Crippen LogP contribution >= 0.6 is 0 Å². The summed E-state index contributed by atoms with van der Waals surface area (Å²) in [5.74, 6) is 0.0292. The first-order chi connectivity index (χ1) is 16.0. The molecule has 2 aromatic carbocycles. The molecule has 0 bridgehead atoms. The van der Waals surface area contributed by atoms with Gasteiger partial charge in [0.25, 0.3) is 5.91 Å². The first-order valence-electron chi connectivity index (χ1n) is 10.9. The van der Waals surface area contributed by atoms with E-state index in [0.29, 0.717) is 29.7 Å². The summed E-state index contributed by atoms with van der Waals surface area (Å²) in [4.78, 5) is 34.9. The lowest BCUT2D eigenvalue weighted by Crippen LogP contribution is -2.37. The molecule has 1 atom stereocenters. The maximum atomic E-state index is 12.5. The molecule has 5 N–H and O–H groups in total. The van der Waals surface area contributed by atoms with Crippen molar-refractivity contribution in [2.75, 3.05) is 22.5 Å². The minimum absolute atomic E-state index is 0.105. The first-order valence-corrected chi connectivity index (χ1v) is 10.9. The van der Waals surface area contributed by atoms with Crippen LogP contribution in [0.1, 0.15) is 35.7 Å². The Kier molecular flexibility index (Phi) is 6.68. The maximum Gasteiger partial charge on any atom is 0.322 e. The number of nitrogens with two attached hydrogens (primary N) is 1. The van der Waals surface area contributed by atoms with E-state index in [0.717, 1.165) is 24.9 Å². The molecule has 3 aromatic rings. The van der Waals surface area contributed by atoms with Gasteiger partial charge in [0.15, 0.2) is 0 Å². The van der Waals surface area contributed by atoms with E-state index in [-0.39, 0.29) is 17.6 Å². The molecule has 170 valence electrons. The van der Waals surface area contributed by atoms with Crippen molar-refractivity contribution in [3.05, 3.63) is 71.9 Å². The van der Waals surface area contributed by atoms with Gasteiger partial charge in [0, 0.05) is 36.7 Å². The van der Waals surface area contributed by atoms with Crippen LogP contribution in [0, 0.1) is 0 Å². The highest BCUT2D eigenvalue weighted by atomic mass is 16.2. The van der Waals surface area contributed by atoms with Crippen LogP contribution in [0.3, 0.4) is 0 Å². The van der Waals surface area contributed by atoms with Gasteiger partial charge in [-0.1, -0.05) is 36.4 Å². The molecule has 4 rings (SSSR count). The molecule has 0 radical (unpaired) electrons. The predicted molar refractivity (Wildman–Crippen MR) is 128 cm³/mol. The number of hydrogen-bond acceptors (Lipinski definition) is 6. The summed E-state index contributed by atoms with van der Waals surface area (Å²) in [6.45, 7) is 3.30. The molecule has 0 unspecified atom stereocenters. The minimum Gasteiger partial charge on any atom is -0.365 e. The zero-order chi connectivity index (χ0) is 23.2. The summed E-state index contributed by atoms with van der Waals surface area (Å²) in [7, 11) is 0. The Hall–Kier alpha value is -4.14. The van der Waals surface area contributed by atoms with E-state index in [1.807, 2.05) is 53.4 Å². The molecule has 3 amide bonds. The van der Waals surface area contributed by atoms with E-state index >= 15 is 0 Å². The van der Waals surface area contributed by atoms with E-state index in [4.69, 9.17) is 5.73 Å². The van der Waals surface area contributed by atoms with E-state index in [1.165, 1.54) is 6.20 Å². The number of likely N-dealkylation sites (tertiary alicyclic amines) is 1. The summed E-state index contributed by atoms with van der Waals surface area (Å²) in [6.07, 6.45) is 3.44. The fraction of sp³-hybridized carbons (Fsp3) is 0.250. The summed E-state index contributed by atoms with van der Waals surface area (Å²) >= 11 is 0. The quantitative estimate of drug-likeness (QED) is 0.436. The number of nitrogens with one attached hydrogen (secondary N) is 3. The lowest BCUT2D eigenvalue weighted by atomic mass is 10.2. The molecule has 1 aromatic heterocycles. The van der Waals surface area contributed by atoms with Crippen LogP contribution in [-0.2, 0) is 6.54 Å². The molecule has 0 saturated carbocycles. The van der Waals surface area contributed by atoms with Crippen LogP contribution in [0.4, 0.5) is 27.9 Å². The molecule has 0 aliphatic carbocycles. The molecule has 33 heavy (non-hydrogen) atoms. The zero-order valence-electron chi connectivity index (χ0n) is 18.4. The number of nitrogens with zero attached hydrogens (tertiary/aromatic N) is 3. The van der Waals surface area contributed by atoms with Crippen molar-refractivity contribution < 1.29 is 9.59 Å². The van der Waals surface area contributed by atoms with Crippen molar-refractivity contribution >= 4 is 35.1 Å². The maximum absolute atomic E-state index is 12.5. The Morgan fingerprint density at radius 3 is 2.64 bits per heavy atom. The SMILES string of the molecule is C[C@H]1CCCN1C(=O)Nc1cccc(Nc2ncc(C(N)=O)c(NCc3ccccc3)n2)c1. The number of anilines is 4. The molecular weight excluding hydrogens is 418 g/mol. The van der Waals surface area contributed by atoms with Gasteiger partial charge in [-0.25, -0.2) is 9.78 Å². The highest BCUT2D eigenvalue weighted by molar-refractivity contribution is 5.97. The van der Waals surface area contributed by atoms with Crippen molar-refractivity contribution in [3.63, 3.8) is 0 Å². The van der Waals surface area contributed by atoms with Gasteiger partial charge >= 0.3 is 6.03 Å². The Labute approximate surface area is 192 Å². The molecular formula is C24H27N7O2. The van der Waals surface area contributed by atoms with Crippen molar-refractivity contribution in [2.24, 2.45) is 5.73 Å². The van der Waals surface area contributed by atoms with Gasteiger partial charge in [-0.3, -0.25) is 4.79 Å². The van der Waals surface area contributed by atoms with Crippen LogP contribution in [-0.4, -0.2) is 39.4 Å². The summed E-state index contributed by atoms with van der Waals surface area (Å²) in [6, 6.07) is 17.2. The number of benzene rings is 2. The largest absolute Gasteiger partial charge is 0.365 e. The molecule has 1 aliphatic rings. The van der Waals surface area contributed by atoms with Gasteiger partial charge in [-0.2, -0.15) is 4.98 Å². The average molecular weight is 446 g/mol. The van der Waals surface area contributed by atoms with Gasteiger partial charge in [0.1, 0.15) is 5.82 Å². The van der Waals surface area contributed by atoms with Gasteiger partial charge in [0.2, 0.25) is 5.95 Å². The number of carbonyl (C=O) groups excluding carboxylic acids is 2. The van der Waals surface area contributed by atoms with Crippen LogP contribution in [0.25, 0.3) is 0 Å². The normalized spacial score (nSPS) is 15.2. The van der Waals surface area contributed by atoms with Gasteiger partial charge in [-0.15, -0.1) is 0 Å². The molecule has 9 nitrogen and oxygen atoms in total. The Bertz CT molecular complexity index is 1140. The summed E-state index contributed by atoms with van der Waals surface area (Å²) < 4.78 is 0. The number of hydrogen-bond donors (Lipinski definition) is 4. The molecule has 2 heterocycles. The van der Waals surface area contributed by atoms with Crippen molar-refractivity contribution in [2.45, 2.75) is 32.4 Å². The second kappa shape index (κ2) is 9.99. The lowest BCUT2D eigenvalue weighted by Gasteiger charge is -2.22. The topological polar surface area (TPSA) is 125 Å². The second-order valence-electron chi connectivity index (χ2n) is 7.98. The fourth-order valence-corrected chi connectivity index (χ4v) is 3.77. The Morgan fingerprint density at radius 1 is 1.12 bits per heavy atom. The molecule has 0 spiro atoms. The van der Waals surface area contributed by atoms with Crippen molar-refractivity contribution in [1.82, 2.24) is 14.9 Å². The third kappa shape index (κ3) is 5.57. The number of aromatic nitrogens is 2. The van der Waals surface area contributed by atoms with Crippen LogP contribution in [0.5, 0.6) is 0 Å². The zero-order valence-corrected chi connectivity index (χ0v) is 18.4. The van der Waals surface area contributed by atoms with Crippen LogP contribution in [0.2, 0.25) is 0 Å². The van der Waals surface area contributed by atoms with Gasteiger partial charge in [0.05, 0.1) is 5.56 Å². The second-order valence-corrected chi connectivity index (χ2v) is 7.98. The predicted octanol–water partition coefficient (Wildman–Crippen LogP) is 3.95. The highest BCUT2D eigenvalue weighted by Gasteiger charge is 2.25. The number of carbonyl (C=O) groups is 2. The van der Waals surface area contributed by atoms with E-state index in [9.17, 15) is 9.59 Å². The van der Waals surface area contributed by atoms with Crippen LogP contribution in [0.15, 0.2) is 60.8 Å². The lowest BCUT2D eigenvalue weighted by molar-refractivity contribution is 0.100. The fourth-order valence-electron chi connectivity index (χ4n) is 3.77. The molecule has 1 aliphatic heterocycles. The van der Waals surface area contributed by atoms with E-state index in [2.05, 4.69) is 32.8 Å². The Morgan fingerprint density at radius 2 is 1.91 bits per heavy atom. The van der Waals surface area contributed by atoms with Crippen molar-refractivity contribution in [1.29, 1.82) is 0 Å². The standard InChI is InChI=1S/C24H27N7O2/c1-16-7-6-12-31(16)24(33)29-19-11-5-10-18(13-19)28-23-27-15-20(21(25)32)22(30-23)26-14-17-8-3-2-4-9-17/h2-5,8-11,13,15-16H,6-7,12,14H2,1H3,(H2,25,32)(H,29,33)(H2,26,27,28,30)/t16-/m0/s1. The van der Waals surface area contributed by atoms with Gasteiger partial charge < -0.3 is 26.6 Å². The molecule has 1 fully saturated rings. The summed E-state index contributed by atoms with van der Waals surface area (Å²) in [5, 5.41) is 9.22. The summed E-state index contributed by atoms with van der Waals surface area (Å²) in [5.41, 5.74) is 8.10. The number of urea groups is 1. The minimum atomic E-state index is -0.613. The van der Waals surface area contributed by atoms with Gasteiger partial charge in [-0.05, 0) is 43.5 Å². The Balaban J connectivity index is 1.47. The van der Waals surface area contributed by atoms with E-state index < -0.39 is 5.91 Å². The number of amides is 3. The molecule has 1 saturated heterocycles. The monoisotopic (exact) mass is 445 g/mol. The van der Waals surface area contributed by atoms with Crippen molar-refractivity contribution in [3.8, 4) is 0 Å². The third-order valence-corrected chi connectivity index (χ3v) is 5.54. The smallest absolute Gasteiger partial charge is 0.322 e. The number of primary amides is 1. The average Bonchev–Trinajstić information content (AvgIpc) is 3.24. The molecule has 9 heteroatoms. The third-order valence-electron chi connectivity index (χ3n) is 5.54.